The lowest BCUT2D eigenvalue weighted by Gasteiger charge is -2.21. The highest BCUT2D eigenvalue weighted by Gasteiger charge is 2.16. The van der Waals surface area contributed by atoms with Crippen molar-refractivity contribution in [2.45, 2.75) is 26.4 Å². The van der Waals surface area contributed by atoms with Crippen LogP contribution in [0, 0.1) is 6.92 Å². The van der Waals surface area contributed by atoms with Gasteiger partial charge in [0.15, 0.2) is 0 Å². The molecule has 0 aliphatic carbocycles. The summed E-state index contributed by atoms with van der Waals surface area (Å²) < 4.78 is 7.79. The minimum Gasteiger partial charge on any atom is -0.497 e. The molecule has 116 valence electrons. The average Bonchev–Trinajstić information content (AvgIpc) is 2.82. The number of nitrogens with zero attached hydrogens (tertiary/aromatic N) is 3. The topological polar surface area (TPSA) is 30.3 Å². The van der Waals surface area contributed by atoms with Crippen molar-refractivity contribution in [3.8, 4) is 5.75 Å². The molecular weight excluding hydrogens is 274 g/mol. The van der Waals surface area contributed by atoms with Crippen LogP contribution >= 0.6 is 0 Å². The molecule has 0 fully saturated rings. The molecule has 0 aliphatic rings. The molecule has 0 aliphatic heterocycles. The third-order valence-electron chi connectivity index (χ3n) is 4.49. The number of benzene rings is 1. The van der Waals surface area contributed by atoms with Gasteiger partial charge in [0.25, 0.3) is 0 Å². The number of aryl methyl sites for hydroxylation is 1. The van der Waals surface area contributed by atoms with Gasteiger partial charge in [0.1, 0.15) is 5.75 Å². The smallest absolute Gasteiger partial charge is 0.120 e. The second-order valence-electron chi connectivity index (χ2n) is 6.10. The molecule has 0 saturated heterocycles. The van der Waals surface area contributed by atoms with Gasteiger partial charge in [0.2, 0.25) is 0 Å². The van der Waals surface area contributed by atoms with Gasteiger partial charge in [-0.2, -0.15) is 0 Å². The van der Waals surface area contributed by atoms with E-state index in [-0.39, 0.29) is 0 Å². The number of likely N-dealkylation sites (N-methyl/N-ethyl adjacent to an activating group) is 1. The Balaban J connectivity index is 2.32. The maximum absolute atomic E-state index is 5.42. The Kier molecular flexibility index (Phi) is 3.79. The fourth-order valence-electron chi connectivity index (χ4n) is 2.94. The maximum Gasteiger partial charge on any atom is 0.120 e. The Morgan fingerprint density at radius 2 is 2.00 bits per heavy atom. The highest BCUT2D eigenvalue weighted by molar-refractivity contribution is 6.09. The van der Waals surface area contributed by atoms with E-state index in [2.05, 4.69) is 60.6 Å². The molecule has 1 atom stereocenters. The quantitative estimate of drug-likeness (QED) is 0.739. The Morgan fingerprint density at radius 1 is 1.23 bits per heavy atom. The van der Waals surface area contributed by atoms with Crippen LogP contribution in [0.1, 0.15) is 12.6 Å². The number of ether oxygens (including phenoxy) is 1. The van der Waals surface area contributed by atoms with Gasteiger partial charge in [-0.25, -0.2) is 0 Å². The Bertz CT molecular complexity index is 820. The summed E-state index contributed by atoms with van der Waals surface area (Å²) in [6, 6.07) is 8.83. The van der Waals surface area contributed by atoms with E-state index in [4.69, 9.17) is 4.74 Å². The number of hydrogen-bond acceptors (Lipinski definition) is 3. The molecule has 0 spiro atoms. The van der Waals surface area contributed by atoms with Crippen molar-refractivity contribution in [2.24, 2.45) is 0 Å². The summed E-state index contributed by atoms with van der Waals surface area (Å²) in [5, 5.41) is 2.52. The van der Waals surface area contributed by atoms with Crippen LogP contribution in [0.25, 0.3) is 21.8 Å². The molecule has 3 rings (SSSR count). The van der Waals surface area contributed by atoms with Crippen molar-refractivity contribution in [2.75, 3.05) is 21.2 Å². The Labute approximate surface area is 131 Å². The first-order valence-electron chi connectivity index (χ1n) is 7.61. The van der Waals surface area contributed by atoms with Gasteiger partial charge in [0, 0.05) is 35.6 Å². The highest BCUT2D eigenvalue weighted by Crippen LogP contribution is 2.32. The van der Waals surface area contributed by atoms with Crippen molar-refractivity contribution in [3.05, 3.63) is 36.2 Å². The predicted octanol–water partition coefficient (Wildman–Crippen LogP) is 3.46. The lowest BCUT2D eigenvalue weighted by Crippen LogP contribution is -2.29. The second-order valence-corrected chi connectivity index (χ2v) is 6.10. The molecule has 1 aromatic carbocycles. The number of methoxy groups -OCH3 is 1. The molecule has 22 heavy (non-hydrogen) atoms. The van der Waals surface area contributed by atoms with E-state index in [1.54, 1.807) is 7.11 Å². The van der Waals surface area contributed by atoms with Crippen LogP contribution in [0.2, 0.25) is 0 Å². The van der Waals surface area contributed by atoms with Crippen LogP contribution in [0.5, 0.6) is 5.75 Å². The standard InChI is InChI=1S/C18H23N3O/c1-12(20(3)4)11-21-17-10-14(22-5)6-7-15(17)16-8-9-19-13(2)18(16)21/h6-10,12H,11H2,1-5H3. The van der Waals surface area contributed by atoms with Crippen molar-refractivity contribution in [1.82, 2.24) is 14.5 Å². The van der Waals surface area contributed by atoms with E-state index in [1.807, 2.05) is 12.3 Å². The number of rotatable bonds is 4. The summed E-state index contributed by atoms with van der Waals surface area (Å²) in [6.07, 6.45) is 1.89. The minimum atomic E-state index is 0.435. The monoisotopic (exact) mass is 297 g/mol. The summed E-state index contributed by atoms with van der Waals surface area (Å²) in [7, 11) is 5.94. The molecule has 4 heteroatoms. The first-order valence-corrected chi connectivity index (χ1v) is 7.61. The van der Waals surface area contributed by atoms with Gasteiger partial charge in [-0.05, 0) is 46.1 Å². The van der Waals surface area contributed by atoms with Crippen LogP contribution in [-0.2, 0) is 6.54 Å². The lowest BCUT2D eigenvalue weighted by molar-refractivity contribution is 0.288. The predicted molar refractivity (Wildman–Crippen MR) is 91.7 cm³/mol. The summed E-state index contributed by atoms with van der Waals surface area (Å²) in [6.45, 7) is 5.24. The summed E-state index contributed by atoms with van der Waals surface area (Å²) in [4.78, 5) is 6.73. The van der Waals surface area contributed by atoms with Crippen LogP contribution in [-0.4, -0.2) is 41.7 Å². The first kappa shape index (κ1) is 14.9. The molecule has 1 unspecified atom stereocenters. The Morgan fingerprint density at radius 3 is 2.68 bits per heavy atom. The normalized spacial score (nSPS) is 13.2. The third-order valence-corrected chi connectivity index (χ3v) is 4.49. The van der Waals surface area contributed by atoms with Crippen LogP contribution in [0.4, 0.5) is 0 Å². The first-order chi connectivity index (χ1) is 10.5. The molecule has 0 N–H and O–H groups in total. The van der Waals surface area contributed by atoms with Gasteiger partial charge in [-0.1, -0.05) is 0 Å². The van der Waals surface area contributed by atoms with Crippen LogP contribution in [0.15, 0.2) is 30.5 Å². The van der Waals surface area contributed by atoms with Crippen molar-refractivity contribution >= 4 is 21.8 Å². The van der Waals surface area contributed by atoms with Crippen LogP contribution < -0.4 is 4.74 Å². The van der Waals surface area contributed by atoms with E-state index in [0.717, 1.165) is 18.0 Å². The zero-order chi connectivity index (χ0) is 15.9. The van der Waals surface area contributed by atoms with Crippen molar-refractivity contribution in [3.63, 3.8) is 0 Å². The molecule has 4 nitrogen and oxygen atoms in total. The number of hydrogen-bond donors (Lipinski definition) is 0. The third kappa shape index (κ3) is 2.33. The fourth-order valence-corrected chi connectivity index (χ4v) is 2.94. The highest BCUT2D eigenvalue weighted by atomic mass is 16.5. The molecule has 2 heterocycles. The molecule has 0 bridgehead atoms. The van der Waals surface area contributed by atoms with E-state index >= 15 is 0 Å². The number of pyridine rings is 1. The summed E-state index contributed by atoms with van der Waals surface area (Å²) in [5.41, 5.74) is 3.50. The van der Waals surface area contributed by atoms with E-state index < -0.39 is 0 Å². The largest absolute Gasteiger partial charge is 0.497 e. The molecular formula is C18H23N3O. The number of fused-ring (bicyclic) bond motifs is 3. The molecule has 0 amide bonds. The molecule has 2 aromatic heterocycles. The van der Waals surface area contributed by atoms with Gasteiger partial charge in [-0.15, -0.1) is 0 Å². The minimum absolute atomic E-state index is 0.435. The van der Waals surface area contributed by atoms with Gasteiger partial charge in [0.05, 0.1) is 23.8 Å². The Hall–Kier alpha value is -2.07. The zero-order valence-electron chi connectivity index (χ0n) is 13.9. The molecule has 0 saturated carbocycles. The van der Waals surface area contributed by atoms with E-state index in [9.17, 15) is 0 Å². The fraction of sp³-hybridized carbons (Fsp3) is 0.389. The SMILES string of the molecule is COc1ccc2c3ccnc(C)c3n(CC(C)N(C)C)c2c1. The van der Waals surface area contributed by atoms with Gasteiger partial charge < -0.3 is 14.2 Å². The van der Waals surface area contributed by atoms with E-state index in [1.165, 1.54) is 21.8 Å². The number of aromatic nitrogens is 2. The van der Waals surface area contributed by atoms with Gasteiger partial charge >= 0.3 is 0 Å². The second kappa shape index (κ2) is 5.61. The summed E-state index contributed by atoms with van der Waals surface area (Å²) >= 11 is 0. The van der Waals surface area contributed by atoms with Crippen molar-refractivity contribution in [1.29, 1.82) is 0 Å². The lowest BCUT2D eigenvalue weighted by atomic mass is 10.1. The van der Waals surface area contributed by atoms with Crippen LogP contribution in [0.3, 0.4) is 0 Å². The van der Waals surface area contributed by atoms with Gasteiger partial charge in [-0.3, -0.25) is 4.98 Å². The van der Waals surface area contributed by atoms with Crippen molar-refractivity contribution < 1.29 is 4.74 Å². The molecule has 3 aromatic rings. The summed E-state index contributed by atoms with van der Waals surface area (Å²) in [5.74, 6) is 0.889. The molecule has 0 radical (unpaired) electrons. The van der Waals surface area contributed by atoms with E-state index in [0.29, 0.717) is 6.04 Å². The average molecular weight is 297 g/mol. The zero-order valence-corrected chi connectivity index (χ0v) is 13.9. The maximum atomic E-state index is 5.42.